The number of barbiturate groups is 1. The van der Waals surface area contributed by atoms with Crippen LogP contribution in [0.1, 0.15) is 5.56 Å². The van der Waals surface area contributed by atoms with Crippen molar-refractivity contribution in [1.29, 1.82) is 0 Å². The second-order valence-corrected chi connectivity index (χ2v) is 6.91. The van der Waals surface area contributed by atoms with E-state index in [2.05, 4.69) is 27.9 Å². The van der Waals surface area contributed by atoms with E-state index in [0.717, 1.165) is 20.6 Å². The fraction of sp³-hybridized carbons (Fsp3) is 0.105. The summed E-state index contributed by atoms with van der Waals surface area (Å²) < 4.78 is 24.6. The monoisotopic (exact) mass is 496 g/mol. The third-order valence-corrected chi connectivity index (χ3v) is 4.58. The Labute approximate surface area is 173 Å². The van der Waals surface area contributed by atoms with Gasteiger partial charge in [-0.15, -0.1) is 0 Å². The summed E-state index contributed by atoms with van der Waals surface area (Å²) in [6.45, 7) is 0. The molecule has 0 bridgehead atoms. The molecule has 0 unspecified atom stereocenters. The van der Waals surface area contributed by atoms with Crippen LogP contribution in [0.25, 0.3) is 6.08 Å². The largest absolute Gasteiger partial charge is 0.493 e. The molecule has 1 aliphatic heterocycles. The van der Waals surface area contributed by atoms with Crippen molar-refractivity contribution in [2.45, 2.75) is 0 Å². The number of halogens is 2. The molecule has 3 rings (SSSR count). The number of hydrogen-bond donors (Lipinski definition) is 1. The van der Waals surface area contributed by atoms with E-state index >= 15 is 0 Å². The van der Waals surface area contributed by atoms with Crippen molar-refractivity contribution in [3.8, 4) is 11.5 Å². The Balaban J connectivity index is 2.09. The van der Waals surface area contributed by atoms with Crippen LogP contribution in [-0.2, 0) is 9.59 Å². The topological polar surface area (TPSA) is 84.9 Å². The number of carbonyl (C=O) groups excluding carboxylic acids is 3. The van der Waals surface area contributed by atoms with Crippen LogP contribution in [0.15, 0.2) is 42.0 Å². The number of anilines is 1. The number of carbonyl (C=O) groups is 3. The molecule has 0 atom stereocenters. The maximum absolute atomic E-state index is 13.2. The average molecular weight is 496 g/mol. The van der Waals surface area contributed by atoms with Gasteiger partial charge in [0.2, 0.25) is 0 Å². The van der Waals surface area contributed by atoms with Gasteiger partial charge in [-0.3, -0.25) is 14.9 Å². The van der Waals surface area contributed by atoms with E-state index in [0.29, 0.717) is 17.1 Å². The van der Waals surface area contributed by atoms with Crippen LogP contribution >= 0.6 is 22.6 Å². The number of rotatable bonds is 4. The number of imide groups is 2. The SMILES string of the molecule is COc1cc(I)cc(/C=C2\C(=O)NC(=O)N(c3ccc(F)cc3)C2=O)c1OC. The van der Waals surface area contributed by atoms with Crippen molar-refractivity contribution >= 4 is 52.2 Å². The predicted molar refractivity (Wildman–Crippen MR) is 108 cm³/mol. The molecule has 7 nitrogen and oxygen atoms in total. The van der Waals surface area contributed by atoms with Crippen molar-refractivity contribution in [2.24, 2.45) is 0 Å². The number of ether oxygens (including phenoxy) is 2. The molecule has 0 spiro atoms. The molecule has 1 heterocycles. The molecule has 0 aliphatic carbocycles. The van der Waals surface area contributed by atoms with E-state index in [-0.39, 0.29) is 11.3 Å². The second kappa shape index (κ2) is 7.97. The van der Waals surface area contributed by atoms with Gasteiger partial charge in [-0.1, -0.05) is 0 Å². The average Bonchev–Trinajstić information content (AvgIpc) is 2.66. The molecule has 9 heteroatoms. The van der Waals surface area contributed by atoms with Crippen molar-refractivity contribution in [3.05, 3.63) is 56.9 Å². The molecule has 2 aromatic carbocycles. The Morgan fingerprint density at radius 3 is 2.36 bits per heavy atom. The number of nitrogens with zero attached hydrogens (tertiary/aromatic N) is 1. The number of methoxy groups -OCH3 is 2. The summed E-state index contributed by atoms with van der Waals surface area (Å²) in [5.41, 5.74) is 0.291. The zero-order valence-electron chi connectivity index (χ0n) is 14.8. The van der Waals surface area contributed by atoms with Crippen LogP contribution in [0, 0.1) is 9.39 Å². The fourth-order valence-electron chi connectivity index (χ4n) is 2.70. The Morgan fingerprint density at radius 2 is 1.75 bits per heavy atom. The summed E-state index contributed by atoms with van der Waals surface area (Å²) in [5, 5.41) is 2.12. The first kappa shape index (κ1) is 19.8. The normalized spacial score (nSPS) is 15.6. The molecule has 1 N–H and O–H groups in total. The minimum atomic E-state index is -0.911. The lowest BCUT2D eigenvalue weighted by molar-refractivity contribution is -0.122. The van der Waals surface area contributed by atoms with Gasteiger partial charge in [0.15, 0.2) is 11.5 Å². The van der Waals surface area contributed by atoms with E-state index in [1.54, 1.807) is 12.1 Å². The van der Waals surface area contributed by atoms with E-state index in [1.165, 1.54) is 32.4 Å². The quantitative estimate of drug-likeness (QED) is 0.400. The summed E-state index contributed by atoms with van der Waals surface area (Å²) in [6, 6.07) is 7.30. The Hall–Kier alpha value is -2.95. The number of hydrogen-bond acceptors (Lipinski definition) is 5. The lowest BCUT2D eigenvalue weighted by Gasteiger charge is -2.26. The smallest absolute Gasteiger partial charge is 0.335 e. The van der Waals surface area contributed by atoms with Gasteiger partial charge >= 0.3 is 6.03 Å². The summed E-state index contributed by atoms with van der Waals surface area (Å²) in [4.78, 5) is 38.1. The van der Waals surface area contributed by atoms with Crippen LogP contribution in [0.2, 0.25) is 0 Å². The zero-order valence-corrected chi connectivity index (χ0v) is 16.9. The molecule has 0 radical (unpaired) electrons. The first-order valence-electron chi connectivity index (χ1n) is 7.94. The molecular weight excluding hydrogens is 482 g/mol. The van der Waals surface area contributed by atoms with Gasteiger partial charge in [0.1, 0.15) is 11.4 Å². The van der Waals surface area contributed by atoms with Crippen LogP contribution in [0.3, 0.4) is 0 Å². The zero-order chi connectivity index (χ0) is 20.4. The first-order valence-corrected chi connectivity index (χ1v) is 9.02. The molecule has 1 aliphatic rings. The van der Waals surface area contributed by atoms with Crippen LogP contribution in [0.5, 0.6) is 11.5 Å². The highest BCUT2D eigenvalue weighted by Gasteiger charge is 2.37. The van der Waals surface area contributed by atoms with E-state index in [9.17, 15) is 18.8 Å². The molecule has 0 saturated carbocycles. The number of urea groups is 1. The van der Waals surface area contributed by atoms with Crippen molar-refractivity contribution in [3.63, 3.8) is 0 Å². The van der Waals surface area contributed by atoms with Crippen molar-refractivity contribution in [1.82, 2.24) is 5.32 Å². The number of amides is 4. The summed E-state index contributed by atoms with van der Waals surface area (Å²) >= 11 is 2.06. The van der Waals surface area contributed by atoms with Gasteiger partial charge in [-0.2, -0.15) is 0 Å². The standard InChI is InChI=1S/C19H14FIN2O5/c1-27-15-9-12(21)7-10(16(15)28-2)8-14-17(24)22-19(26)23(18(14)25)13-5-3-11(20)4-6-13/h3-9H,1-2H3,(H,22,24,26)/b14-8+. The van der Waals surface area contributed by atoms with Gasteiger partial charge < -0.3 is 9.47 Å². The van der Waals surface area contributed by atoms with Crippen molar-refractivity contribution in [2.75, 3.05) is 19.1 Å². The minimum absolute atomic E-state index is 0.134. The Kier molecular flexibility index (Phi) is 5.63. The van der Waals surface area contributed by atoms with Gasteiger partial charge in [-0.25, -0.2) is 14.1 Å². The fourth-order valence-corrected chi connectivity index (χ4v) is 3.32. The lowest BCUT2D eigenvalue weighted by atomic mass is 10.1. The summed E-state index contributed by atoms with van der Waals surface area (Å²) in [6.07, 6.45) is 1.32. The highest BCUT2D eigenvalue weighted by atomic mass is 127. The van der Waals surface area contributed by atoms with E-state index in [1.807, 2.05) is 0 Å². The highest BCUT2D eigenvalue weighted by Crippen LogP contribution is 2.35. The van der Waals surface area contributed by atoms with Crippen molar-refractivity contribution < 1.29 is 28.2 Å². The predicted octanol–water partition coefficient (Wildman–Crippen LogP) is 3.11. The Morgan fingerprint density at radius 1 is 1.07 bits per heavy atom. The molecule has 0 aromatic heterocycles. The number of benzene rings is 2. The van der Waals surface area contributed by atoms with Gasteiger partial charge in [0.05, 0.1) is 19.9 Å². The third kappa shape index (κ3) is 3.70. The minimum Gasteiger partial charge on any atom is -0.493 e. The Bertz CT molecular complexity index is 1000. The lowest BCUT2D eigenvalue weighted by Crippen LogP contribution is -2.54. The van der Waals surface area contributed by atoms with E-state index in [4.69, 9.17) is 9.47 Å². The number of nitrogens with one attached hydrogen (secondary N) is 1. The highest BCUT2D eigenvalue weighted by molar-refractivity contribution is 14.1. The van der Waals surface area contributed by atoms with Gasteiger partial charge in [0, 0.05) is 9.13 Å². The van der Waals surface area contributed by atoms with Gasteiger partial charge in [0.25, 0.3) is 11.8 Å². The molecule has 1 fully saturated rings. The maximum atomic E-state index is 13.2. The molecule has 144 valence electrons. The van der Waals surface area contributed by atoms with Crippen LogP contribution in [-0.4, -0.2) is 32.1 Å². The molecule has 1 saturated heterocycles. The second-order valence-electron chi connectivity index (χ2n) is 5.66. The maximum Gasteiger partial charge on any atom is 0.335 e. The summed E-state index contributed by atoms with van der Waals surface area (Å²) in [7, 11) is 2.90. The van der Waals surface area contributed by atoms with Crippen LogP contribution in [0.4, 0.5) is 14.9 Å². The molecular formula is C19H14FIN2O5. The van der Waals surface area contributed by atoms with Gasteiger partial charge in [-0.05, 0) is 65.1 Å². The molecule has 2 aromatic rings. The van der Waals surface area contributed by atoms with Crippen LogP contribution < -0.4 is 19.7 Å². The first-order chi connectivity index (χ1) is 13.3. The molecule has 4 amide bonds. The third-order valence-electron chi connectivity index (χ3n) is 3.96. The van der Waals surface area contributed by atoms with E-state index < -0.39 is 23.7 Å². The molecule has 28 heavy (non-hydrogen) atoms. The summed E-state index contributed by atoms with van der Waals surface area (Å²) in [5.74, 6) is -1.43.